The van der Waals surface area contributed by atoms with Crippen LogP contribution in [0.1, 0.15) is 34.6 Å². The number of hydrogen-bond acceptors (Lipinski definition) is 11. The highest BCUT2D eigenvalue weighted by molar-refractivity contribution is 8.24. The van der Waals surface area contributed by atoms with Crippen LogP contribution in [0.5, 0.6) is 0 Å². The lowest BCUT2D eigenvalue weighted by molar-refractivity contribution is -0.147. The Morgan fingerprint density at radius 1 is 1.00 bits per heavy atom. The first kappa shape index (κ1) is 28.9. The lowest BCUT2D eigenvalue weighted by Crippen LogP contribution is -2.35. The SMILES string of the molecule is CCOC(=S)SC(C)C(=O)OCCN(C=O)CCOC(=O)C(C)(C)SC(=S)OCC. The number of esters is 2. The molecule has 0 rings (SSSR count). The molecule has 0 aliphatic carbocycles. The molecule has 0 N–H and O–H groups in total. The van der Waals surface area contributed by atoms with Crippen LogP contribution in [0.25, 0.3) is 0 Å². The van der Waals surface area contributed by atoms with Gasteiger partial charge in [0.25, 0.3) is 0 Å². The number of carbonyl (C=O) groups excluding carboxylic acids is 3. The van der Waals surface area contributed by atoms with Crippen LogP contribution < -0.4 is 0 Å². The van der Waals surface area contributed by atoms with Gasteiger partial charge in [0.1, 0.15) is 23.2 Å². The molecule has 0 saturated carbocycles. The molecule has 0 heterocycles. The van der Waals surface area contributed by atoms with Crippen molar-refractivity contribution in [3.63, 3.8) is 0 Å². The molecule has 1 amide bonds. The van der Waals surface area contributed by atoms with Crippen molar-refractivity contribution in [2.45, 2.75) is 44.6 Å². The Hall–Kier alpha value is -1.11. The summed E-state index contributed by atoms with van der Waals surface area (Å²) in [5.41, 5.74) is 0. The van der Waals surface area contributed by atoms with E-state index in [0.717, 1.165) is 23.5 Å². The first-order valence-electron chi connectivity index (χ1n) is 9.29. The Morgan fingerprint density at radius 3 is 2.07 bits per heavy atom. The van der Waals surface area contributed by atoms with Crippen LogP contribution in [0.2, 0.25) is 0 Å². The van der Waals surface area contributed by atoms with Crippen molar-refractivity contribution in [2.75, 3.05) is 39.5 Å². The van der Waals surface area contributed by atoms with Gasteiger partial charge in [-0.3, -0.25) is 14.4 Å². The maximum absolute atomic E-state index is 12.2. The summed E-state index contributed by atoms with van der Waals surface area (Å²) in [6.45, 7) is 9.84. The maximum atomic E-state index is 12.2. The van der Waals surface area contributed by atoms with Crippen molar-refractivity contribution < 1.29 is 33.3 Å². The molecule has 0 saturated heterocycles. The van der Waals surface area contributed by atoms with Gasteiger partial charge in [-0.2, -0.15) is 0 Å². The zero-order valence-electron chi connectivity index (χ0n) is 17.8. The topological polar surface area (TPSA) is 91.4 Å². The fourth-order valence-corrected chi connectivity index (χ4v) is 4.44. The third-order valence-electron chi connectivity index (χ3n) is 3.34. The summed E-state index contributed by atoms with van der Waals surface area (Å²) in [7, 11) is 0. The highest BCUT2D eigenvalue weighted by Crippen LogP contribution is 2.27. The number of rotatable bonds is 13. The second-order valence-corrected chi connectivity index (χ2v) is 10.4. The third kappa shape index (κ3) is 12.6. The number of nitrogens with zero attached hydrogens (tertiary/aromatic N) is 1. The summed E-state index contributed by atoms with van der Waals surface area (Å²) in [4.78, 5) is 36.7. The van der Waals surface area contributed by atoms with Crippen molar-refractivity contribution in [1.82, 2.24) is 4.90 Å². The second-order valence-electron chi connectivity index (χ2n) is 6.18. The second kappa shape index (κ2) is 15.7. The molecule has 0 bridgehead atoms. The van der Waals surface area contributed by atoms with Crippen LogP contribution in [0.3, 0.4) is 0 Å². The first-order valence-corrected chi connectivity index (χ1v) is 11.8. The molecule has 12 heteroatoms. The zero-order valence-corrected chi connectivity index (χ0v) is 21.1. The Labute approximate surface area is 197 Å². The molecule has 8 nitrogen and oxygen atoms in total. The molecular formula is C18H29NO7S4. The van der Waals surface area contributed by atoms with E-state index in [1.54, 1.807) is 34.6 Å². The van der Waals surface area contributed by atoms with E-state index in [0.29, 0.717) is 19.6 Å². The molecule has 0 radical (unpaired) electrons. The van der Waals surface area contributed by atoms with Crippen LogP contribution in [-0.4, -0.2) is 81.5 Å². The van der Waals surface area contributed by atoms with Crippen molar-refractivity contribution >= 4 is 75.1 Å². The summed E-state index contributed by atoms with van der Waals surface area (Å²) in [5, 5.41) is -0.516. The lowest BCUT2D eigenvalue weighted by atomic mass is 10.2. The van der Waals surface area contributed by atoms with E-state index in [2.05, 4.69) is 0 Å². The summed E-state index contributed by atoms with van der Waals surface area (Å²) in [5.74, 6) is -0.925. The molecule has 0 aromatic rings. The van der Waals surface area contributed by atoms with Gasteiger partial charge >= 0.3 is 11.9 Å². The molecule has 0 spiro atoms. The fraction of sp³-hybridized carbons (Fsp3) is 0.722. The van der Waals surface area contributed by atoms with Gasteiger partial charge in [0.05, 0.1) is 26.3 Å². The molecule has 0 fully saturated rings. The van der Waals surface area contributed by atoms with E-state index in [9.17, 15) is 14.4 Å². The minimum absolute atomic E-state index is 0.00574. The molecule has 1 unspecified atom stereocenters. The summed E-state index contributed by atoms with van der Waals surface area (Å²) < 4.78 is 20.3. The number of thioether (sulfide) groups is 2. The summed E-state index contributed by atoms with van der Waals surface area (Å²) >= 11 is 12.2. The van der Waals surface area contributed by atoms with Crippen molar-refractivity contribution in [1.29, 1.82) is 0 Å². The third-order valence-corrected chi connectivity index (χ3v) is 5.94. The predicted molar refractivity (Wildman–Crippen MR) is 127 cm³/mol. The van der Waals surface area contributed by atoms with E-state index in [4.69, 9.17) is 43.4 Å². The fourth-order valence-electron chi connectivity index (χ4n) is 1.77. The highest BCUT2D eigenvalue weighted by Gasteiger charge is 2.32. The molecule has 172 valence electrons. The highest BCUT2D eigenvalue weighted by atomic mass is 32.2. The smallest absolute Gasteiger partial charge is 0.322 e. The average molecular weight is 500 g/mol. The van der Waals surface area contributed by atoms with Gasteiger partial charge in [0.2, 0.25) is 15.2 Å². The van der Waals surface area contributed by atoms with Crippen LogP contribution in [-0.2, 0) is 33.3 Å². The van der Waals surface area contributed by atoms with Crippen molar-refractivity contribution in [3.05, 3.63) is 0 Å². The van der Waals surface area contributed by atoms with Crippen molar-refractivity contribution in [3.8, 4) is 0 Å². The van der Waals surface area contributed by atoms with Gasteiger partial charge in [-0.15, -0.1) is 0 Å². The molecule has 1 atom stereocenters. The predicted octanol–water partition coefficient (Wildman–Crippen LogP) is 2.81. The number of ether oxygens (including phenoxy) is 4. The minimum Gasteiger partial charge on any atom is -0.479 e. The lowest BCUT2D eigenvalue weighted by Gasteiger charge is -2.23. The van der Waals surface area contributed by atoms with E-state index < -0.39 is 21.9 Å². The molecule has 0 aliphatic rings. The number of hydrogen-bond donors (Lipinski definition) is 0. The molecule has 0 aromatic heterocycles. The number of carbonyl (C=O) groups is 3. The summed E-state index contributed by atoms with van der Waals surface area (Å²) in [6, 6.07) is 0. The average Bonchev–Trinajstić information content (AvgIpc) is 2.66. The molecule has 0 aromatic carbocycles. The minimum atomic E-state index is -0.913. The monoisotopic (exact) mass is 499 g/mol. The zero-order chi connectivity index (χ0) is 23.2. The Morgan fingerprint density at radius 2 is 1.53 bits per heavy atom. The Balaban J connectivity index is 4.26. The Bertz CT molecular complexity index is 601. The standard InChI is InChI=1S/C18H29NO7S4/c1-6-23-16(27)29-13(3)14(21)25-10-8-19(12-20)9-11-26-15(22)18(4,5)30-17(28)24-7-2/h12-13H,6-11H2,1-5H3. The Kier molecular flexibility index (Phi) is 15.1. The van der Waals surface area contributed by atoms with Gasteiger partial charge in [-0.1, -0.05) is 23.5 Å². The molecular weight excluding hydrogens is 470 g/mol. The van der Waals surface area contributed by atoms with Crippen LogP contribution >= 0.6 is 48.0 Å². The van der Waals surface area contributed by atoms with Gasteiger partial charge in [-0.05, 0) is 59.1 Å². The van der Waals surface area contributed by atoms with E-state index in [1.165, 1.54) is 4.90 Å². The van der Waals surface area contributed by atoms with E-state index >= 15 is 0 Å². The van der Waals surface area contributed by atoms with E-state index in [-0.39, 0.29) is 35.1 Å². The van der Waals surface area contributed by atoms with Crippen LogP contribution in [0.15, 0.2) is 0 Å². The van der Waals surface area contributed by atoms with Gasteiger partial charge in [-0.25, -0.2) is 0 Å². The van der Waals surface area contributed by atoms with E-state index in [1.807, 2.05) is 0 Å². The molecule has 30 heavy (non-hydrogen) atoms. The van der Waals surface area contributed by atoms with Gasteiger partial charge in [0, 0.05) is 0 Å². The quantitative estimate of drug-likeness (QED) is 0.213. The van der Waals surface area contributed by atoms with Gasteiger partial charge in [0.15, 0.2) is 0 Å². The van der Waals surface area contributed by atoms with Crippen molar-refractivity contribution in [2.24, 2.45) is 0 Å². The number of thiocarbonyl (C=S) groups is 2. The van der Waals surface area contributed by atoms with Crippen LogP contribution in [0.4, 0.5) is 0 Å². The largest absolute Gasteiger partial charge is 0.479 e. The summed E-state index contributed by atoms with van der Waals surface area (Å²) in [6.07, 6.45) is 0.605. The van der Waals surface area contributed by atoms with Crippen LogP contribution in [0, 0.1) is 0 Å². The maximum Gasteiger partial charge on any atom is 0.322 e. The van der Waals surface area contributed by atoms with Gasteiger partial charge < -0.3 is 23.8 Å². The normalized spacial score (nSPS) is 11.8. The molecule has 0 aliphatic heterocycles. The number of amides is 1. The first-order chi connectivity index (χ1) is 14.1.